The van der Waals surface area contributed by atoms with Crippen LogP contribution in [0, 0.1) is 22.7 Å². The minimum absolute atomic E-state index is 0.116. The zero-order valence-corrected chi connectivity index (χ0v) is 22.3. The van der Waals surface area contributed by atoms with Crippen LogP contribution in [-0.2, 0) is 6.54 Å². The number of hydrogen-bond donors (Lipinski definition) is 0. The third-order valence-electron chi connectivity index (χ3n) is 6.64. The molecule has 3 nitrogen and oxygen atoms in total. The van der Waals surface area contributed by atoms with Crippen molar-refractivity contribution in [2.45, 2.75) is 103 Å². The largest absolute Gasteiger partial charge is 0.205 e. The molecule has 0 aliphatic heterocycles. The van der Waals surface area contributed by atoms with Crippen LogP contribution in [0.5, 0.6) is 0 Å². The Balaban J connectivity index is 1.55. The molecule has 0 aliphatic rings. The molecular formula is C33H44N3+. The van der Waals surface area contributed by atoms with E-state index in [1.54, 1.807) is 6.08 Å². The average molecular weight is 483 g/mol. The summed E-state index contributed by atoms with van der Waals surface area (Å²) in [6.07, 6.45) is 29.6. The van der Waals surface area contributed by atoms with Gasteiger partial charge in [0, 0.05) is 18.6 Å². The van der Waals surface area contributed by atoms with Crippen LogP contribution < -0.4 is 4.57 Å². The summed E-state index contributed by atoms with van der Waals surface area (Å²) in [6.45, 7) is 3.37. The number of rotatable bonds is 18. The predicted octanol–water partition coefficient (Wildman–Crippen LogP) is 9.06. The Morgan fingerprint density at radius 2 is 1.03 bits per heavy atom. The quantitative estimate of drug-likeness (QED) is 0.121. The summed E-state index contributed by atoms with van der Waals surface area (Å²) in [6, 6.07) is 15.9. The van der Waals surface area contributed by atoms with Crippen molar-refractivity contribution in [3.63, 3.8) is 0 Å². The fraction of sp³-hybridized carbons (Fsp3) is 0.485. The molecule has 0 saturated heterocycles. The van der Waals surface area contributed by atoms with Crippen LogP contribution >= 0.6 is 0 Å². The van der Waals surface area contributed by atoms with E-state index >= 15 is 0 Å². The van der Waals surface area contributed by atoms with Gasteiger partial charge in [-0.25, -0.2) is 4.57 Å². The zero-order valence-electron chi connectivity index (χ0n) is 22.3. The minimum atomic E-state index is 0.116. The first-order valence-electron chi connectivity index (χ1n) is 14.0. The van der Waals surface area contributed by atoms with Gasteiger partial charge in [-0.3, -0.25) is 0 Å². The summed E-state index contributed by atoms with van der Waals surface area (Å²) < 4.78 is 2.28. The average Bonchev–Trinajstić information content (AvgIpc) is 2.92. The van der Waals surface area contributed by atoms with Crippen molar-refractivity contribution >= 4 is 18.2 Å². The van der Waals surface area contributed by atoms with Gasteiger partial charge >= 0.3 is 0 Å². The molecule has 0 fully saturated rings. The number of pyridine rings is 1. The van der Waals surface area contributed by atoms with Crippen LogP contribution in [0.1, 0.15) is 114 Å². The van der Waals surface area contributed by atoms with Gasteiger partial charge in [0.25, 0.3) is 0 Å². The lowest BCUT2D eigenvalue weighted by atomic mass is 10.0. The first-order valence-corrected chi connectivity index (χ1v) is 14.0. The normalized spacial score (nSPS) is 10.8. The molecule has 0 amide bonds. The van der Waals surface area contributed by atoms with Gasteiger partial charge in [0.1, 0.15) is 24.3 Å². The maximum atomic E-state index is 8.86. The van der Waals surface area contributed by atoms with Gasteiger partial charge in [0.05, 0.1) is 0 Å². The summed E-state index contributed by atoms with van der Waals surface area (Å²) >= 11 is 0. The molecule has 2 rings (SSSR count). The molecule has 36 heavy (non-hydrogen) atoms. The van der Waals surface area contributed by atoms with Crippen LogP contribution in [0.25, 0.3) is 18.2 Å². The molecule has 1 aromatic carbocycles. The van der Waals surface area contributed by atoms with Crippen molar-refractivity contribution in [1.82, 2.24) is 0 Å². The standard InChI is InChI=1S/C33H44N3/c1-2-3-4-5-6-7-8-9-10-11-12-13-14-15-24-36-25-22-31(23-26-36)17-16-30-18-20-32(21-19-30)27-33(28-34)29-35/h16-23,25-27H,2-15,24H2,1H3/q+1/b17-16+. The fourth-order valence-corrected chi connectivity index (χ4v) is 4.37. The maximum absolute atomic E-state index is 8.86. The van der Waals surface area contributed by atoms with Crippen LogP contribution in [0.2, 0.25) is 0 Å². The van der Waals surface area contributed by atoms with Crippen LogP contribution in [0.15, 0.2) is 54.4 Å². The molecule has 1 aromatic heterocycles. The molecule has 0 aliphatic carbocycles. The SMILES string of the molecule is CCCCCCCCCCCCCCCC[n+]1ccc(/C=C/c2ccc(C=C(C#N)C#N)cc2)cc1. The van der Waals surface area contributed by atoms with Gasteiger partial charge in [0.15, 0.2) is 12.4 Å². The Morgan fingerprint density at radius 1 is 0.611 bits per heavy atom. The maximum Gasteiger partial charge on any atom is 0.169 e. The molecular weight excluding hydrogens is 438 g/mol. The first kappa shape index (κ1) is 29.1. The number of unbranched alkanes of at least 4 members (excludes halogenated alkanes) is 13. The Labute approximate surface area is 219 Å². The summed E-state index contributed by atoms with van der Waals surface area (Å²) in [5.74, 6) is 0. The number of benzene rings is 1. The van der Waals surface area contributed by atoms with E-state index in [2.05, 4.69) is 48.2 Å². The summed E-state index contributed by atoms with van der Waals surface area (Å²) in [7, 11) is 0. The highest BCUT2D eigenvalue weighted by Crippen LogP contribution is 2.14. The molecule has 3 heteroatoms. The second kappa shape index (κ2) is 19.1. The number of aryl methyl sites for hydroxylation is 1. The van der Waals surface area contributed by atoms with Crippen molar-refractivity contribution in [1.29, 1.82) is 10.5 Å². The summed E-state index contributed by atoms with van der Waals surface area (Å²) in [5, 5.41) is 17.7. The van der Waals surface area contributed by atoms with E-state index in [0.29, 0.717) is 0 Å². The van der Waals surface area contributed by atoms with Crippen molar-refractivity contribution < 1.29 is 4.57 Å². The Hall–Kier alpha value is -3.17. The Kier molecular flexibility index (Phi) is 15.4. The summed E-state index contributed by atoms with van der Waals surface area (Å²) in [5.41, 5.74) is 3.23. The van der Waals surface area contributed by atoms with Crippen molar-refractivity contribution in [2.75, 3.05) is 0 Å². The van der Waals surface area contributed by atoms with E-state index in [9.17, 15) is 0 Å². The lowest BCUT2D eigenvalue weighted by Gasteiger charge is -2.03. The van der Waals surface area contributed by atoms with Gasteiger partial charge < -0.3 is 0 Å². The van der Waals surface area contributed by atoms with Gasteiger partial charge in [-0.2, -0.15) is 10.5 Å². The second-order valence-corrected chi connectivity index (χ2v) is 9.75. The highest BCUT2D eigenvalue weighted by atomic mass is 14.9. The lowest BCUT2D eigenvalue weighted by Crippen LogP contribution is -2.32. The highest BCUT2D eigenvalue weighted by Gasteiger charge is 2.01. The molecule has 2 aromatic rings. The van der Waals surface area contributed by atoms with E-state index in [4.69, 9.17) is 10.5 Å². The van der Waals surface area contributed by atoms with Crippen LogP contribution in [0.3, 0.4) is 0 Å². The Bertz CT molecular complexity index is 969. The molecule has 0 spiro atoms. The molecule has 0 saturated carbocycles. The monoisotopic (exact) mass is 482 g/mol. The highest BCUT2D eigenvalue weighted by molar-refractivity contribution is 5.70. The van der Waals surface area contributed by atoms with E-state index in [0.717, 1.165) is 17.7 Å². The van der Waals surface area contributed by atoms with Crippen molar-refractivity contribution in [3.05, 3.63) is 71.1 Å². The smallest absolute Gasteiger partial charge is 0.169 e. The van der Waals surface area contributed by atoms with E-state index in [1.807, 2.05) is 36.4 Å². The summed E-state index contributed by atoms with van der Waals surface area (Å²) in [4.78, 5) is 0. The van der Waals surface area contributed by atoms with E-state index in [1.165, 1.54) is 95.5 Å². The lowest BCUT2D eigenvalue weighted by molar-refractivity contribution is -0.697. The van der Waals surface area contributed by atoms with Gasteiger partial charge in [-0.15, -0.1) is 0 Å². The molecule has 190 valence electrons. The van der Waals surface area contributed by atoms with Gasteiger partial charge in [0.2, 0.25) is 0 Å². The number of aromatic nitrogens is 1. The number of hydrogen-bond acceptors (Lipinski definition) is 2. The van der Waals surface area contributed by atoms with E-state index < -0.39 is 0 Å². The molecule has 1 heterocycles. The number of allylic oxidation sites excluding steroid dienone is 1. The molecule has 0 atom stereocenters. The molecule has 0 bridgehead atoms. The predicted molar refractivity (Wildman–Crippen MR) is 152 cm³/mol. The molecule has 0 unspecified atom stereocenters. The first-order chi connectivity index (χ1) is 17.7. The van der Waals surface area contributed by atoms with Crippen LogP contribution in [0.4, 0.5) is 0 Å². The van der Waals surface area contributed by atoms with Crippen molar-refractivity contribution in [2.24, 2.45) is 0 Å². The minimum Gasteiger partial charge on any atom is -0.205 e. The zero-order chi connectivity index (χ0) is 25.7. The van der Waals surface area contributed by atoms with Crippen LogP contribution in [-0.4, -0.2) is 0 Å². The number of nitrogens with zero attached hydrogens (tertiary/aromatic N) is 3. The fourth-order valence-electron chi connectivity index (χ4n) is 4.37. The van der Waals surface area contributed by atoms with Crippen molar-refractivity contribution in [3.8, 4) is 12.1 Å². The van der Waals surface area contributed by atoms with Gasteiger partial charge in [-0.1, -0.05) is 120 Å². The Morgan fingerprint density at radius 3 is 1.50 bits per heavy atom. The second-order valence-electron chi connectivity index (χ2n) is 9.75. The third kappa shape index (κ3) is 13.1. The molecule has 0 radical (unpaired) electrons. The van der Waals surface area contributed by atoms with Gasteiger partial charge in [-0.05, 0) is 29.2 Å². The number of nitriles is 2. The topological polar surface area (TPSA) is 51.5 Å². The molecule has 0 N–H and O–H groups in total. The van der Waals surface area contributed by atoms with E-state index in [-0.39, 0.29) is 5.57 Å². The third-order valence-corrected chi connectivity index (χ3v) is 6.64.